The maximum atomic E-state index is 12.3. The molecule has 7 heteroatoms. The Bertz CT molecular complexity index is 539. The van der Waals surface area contributed by atoms with Crippen LogP contribution in [0.2, 0.25) is 0 Å². The average Bonchev–Trinajstić information content (AvgIpc) is 2.98. The van der Waals surface area contributed by atoms with E-state index in [0.29, 0.717) is 12.5 Å². The van der Waals surface area contributed by atoms with Crippen molar-refractivity contribution in [2.24, 2.45) is 5.92 Å². The molecule has 1 aliphatic rings. The van der Waals surface area contributed by atoms with Gasteiger partial charge < -0.3 is 5.73 Å². The molecule has 0 spiro atoms. The van der Waals surface area contributed by atoms with Gasteiger partial charge in [-0.3, -0.25) is 5.10 Å². The Morgan fingerprint density at radius 1 is 1.65 bits per heavy atom. The summed E-state index contributed by atoms with van der Waals surface area (Å²) in [6, 6.07) is 0. The summed E-state index contributed by atoms with van der Waals surface area (Å²) in [5, 5.41) is 6.03. The van der Waals surface area contributed by atoms with Crippen LogP contribution >= 0.6 is 0 Å². The minimum Gasteiger partial charge on any atom is -0.383 e. The van der Waals surface area contributed by atoms with Gasteiger partial charge in [0.1, 0.15) is 10.7 Å². The summed E-state index contributed by atoms with van der Waals surface area (Å²) in [5.74, 6) is 2.83. The van der Waals surface area contributed by atoms with E-state index in [1.807, 2.05) is 0 Å². The van der Waals surface area contributed by atoms with Gasteiger partial charge in [0.15, 0.2) is 0 Å². The van der Waals surface area contributed by atoms with Crippen LogP contribution in [0.4, 0.5) is 5.82 Å². The predicted octanol–water partition coefficient (Wildman–Crippen LogP) is 0.0258. The summed E-state index contributed by atoms with van der Waals surface area (Å²) in [7, 11) is -3.63. The minimum atomic E-state index is -3.63. The minimum absolute atomic E-state index is 0.00611. The molecule has 3 N–H and O–H groups in total. The number of nitrogens with one attached hydrogen (secondary N) is 1. The molecular weight excluding hydrogens is 240 g/mol. The second kappa shape index (κ2) is 4.39. The number of anilines is 1. The van der Waals surface area contributed by atoms with E-state index in [9.17, 15) is 8.42 Å². The number of H-pyrrole nitrogens is 1. The van der Waals surface area contributed by atoms with E-state index in [1.165, 1.54) is 10.5 Å². The SMILES string of the molecule is C#CCN(CC1CC1)S(=O)(=O)c1cn[nH]c1N. The van der Waals surface area contributed by atoms with Gasteiger partial charge in [-0.1, -0.05) is 5.92 Å². The van der Waals surface area contributed by atoms with Crippen molar-refractivity contribution in [2.75, 3.05) is 18.8 Å². The Balaban J connectivity index is 2.27. The number of aromatic amines is 1. The van der Waals surface area contributed by atoms with Gasteiger partial charge >= 0.3 is 0 Å². The van der Waals surface area contributed by atoms with E-state index in [-0.39, 0.29) is 17.3 Å². The molecule has 1 saturated carbocycles. The molecule has 1 aromatic rings. The highest BCUT2D eigenvalue weighted by Crippen LogP contribution is 2.32. The molecule has 1 aromatic heterocycles. The lowest BCUT2D eigenvalue weighted by molar-refractivity contribution is 0.430. The Labute approximate surface area is 100 Å². The number of aromatic nitrogens is 2. The van der Waals surface area contributed by atoms with Gasteiger partial charge in [0.25, 0.3) is 0 Å². The highest BCUT2D eigenvalue weighted by atomic mass is 32.2. The topological polar surface area (TPSA) is 92.1 Å². The molecule has 0 aromatic carbocycles. The van der Waals surface area contributed by atoms with Gasteiger partial charge in [0, 0.05) is 6.54 Å². The van der Waals surface area contributed by atoms with Crippen LogP contribution in [0, 0.1) is 18.3 Å². The molecule has 1 heterocycles. The van der Waals surface area contributed by atoms with Gasteiger partial charge in [-0.15, -0.1) is 6.42 Å². The molecule has 1 aliphatic carbocycles. The maximum absolute atomic E-state index is 12.3. The van der Waals surface area contributed by atoms with Crippen LogP contribution in [-0.2, 0) is 10.0 Å². The lowest BCUT2D eigenvalue weighted by Gasteiger charge is -2.18. The van der Waals surface area contributed by atoms with Gasteiger partial charge in [-0.25, -0.2) is 8.42 Å². The van der Waals surface area contributed by atoms with Crippen LogP contribution in [0.25, 0.3) is 0 Å². The largest absolute Gasteiger partial charge is 0.383 e. The Morgan fingerprint density at radius 2 is 2.35 bits per heavy atom. The first-order chi connectivity index (χ1) is 8.05. The molecule has 1 fully saturated rings. The van der Waals surface area contributed by atoms with Gasteiger partial charge in [-0.05, 0) is 18.8 Å². The second-order valence-electron chi connectivity index (χ2n) is 4.09. The molecule has 0 atom stereocenters. The third-order valence-electron chi connectivity index (χ3n) is 2.68. The van der Waals surface area contributed by atoms with Crippen LogP contribution < -0.4 is 5.73 Å². The number of rotatable bonds is 5. The molecule has 0 radical (unpaired) electrons. The third kappa shape index (κ3) is 2.43. The normalized spacial score (nSPS) is 16.0. The fourth-order valence-electron chi connectivity index (χ4n) is 1.57. The van der Waals surface area contributed by atoms with Crippen molar-refractivity contribution in [1.82, 2.24) is 14.5 Å². The zero-order valence-corrected chi connectivity index (χ0v) is 10.1. The number of sulfonamides is 1. The fraction of sp³-hybridized carbons (Fsp3) is 0.500. The number of hydrogen-bond donors (Lipinski definition) is 2. The quantitative estimate of drug-likeness (QED) is 0.725. The Kier molecular flexibility index (Phi) is 3.09. The first kappa shape index (κ1) is 12.0. The molecule has 0 amide bonds. The van der Waals surface area contributed by atoms with Crippen LogP contribution in [0.5, 0.6) is 0 Å². The third-order valence-corrected chi connectivity index (χ3v) is 4.52. The van der Waals surface area contributed by atoms with Crippen molar-refractivity contribution in [2.45, 2.75) is 17.7 Å². The van der Waals surface area contributed by atoms with E-state index in [4.69, 9.17) is 12.2 Å². The number of terminal acetylenes is 1. The summed E-state index contributed by atoms with van der Waals surface area (Å²) in [5.41, 5.74) is 5.53. The molecule has 0 aliphatic heterocycles. The monoisotopic (exact) mass is 254 g/mol. The summed E-state index contributed by atoms with van der Waals surface area (Å²) >= 11 is 0. The predicted molar refractivity (Wildman–Crippen MR) is 63.3 cm³/mol. The van der Waals surface area contributed by atoms with Crippen molar-refractivity contribution in [3.63, 3.8) is 0 Å². The van der Waals surface area contributed by atoms with Crippen LogP contribution in [-0.4, -0.2) is 36.0 Å². The first-order valence-corrected chi connectivity index (χ1v) is 6.72. The zero-order valence-electron chi connectivity index (χ0n) is 9.26. The van der Waals surface area contributed by atoms with Gasteiger partial charge in [0.2, 0.25) is 10.0 Å². The zero-order chi connectivity index (χ0) is 12.5. The van der Waals surface area contributed by atoms with Crippen molar-refractivity contribution in [1.29, 1.82) is 0 Å². The van der Waals surface area contributed by atoms with Crippen molar-refractivity contribution in [3.05, 3.63) is 6.20 Å². The summed E-state index contributed by atoms with van der Waals surface area (Å²) in [6.45, 7) is 0.514. The van der Waals surface area contributed by atoms with Crippen LogP contribution in [0.15, 0.2) is 11.1 Å². The lowest BCUT2D eigenvalue weighted by Crippen LogP contribution is -2.33. The van der Waals surface area contributed by atoms with Gasteiger partial charge in [0.05, 0.1) is 12.7 Å². The second-order valence-corrected chi connectivity index (χ2v) is 6.00. The first-order valence-electron chi connectivity index (χ1n) is 5.28. The number of hydrogen-bond acceptors (Lipinski definition) is 4. The molecule has 6 nitrogen and oxygen atoms in total. The molecule has 92 valence electrons. The highest BCUT2D eigenvalue weighted by molar-refractivity contribution is 7.89. The van der Waals surface area contributed by atoms with Gasteiger partial charge in [-0.2, -0.15) is 9.40 Å². The highest BCUT2D eigenvalue weighted by Gasteiger charge is 2.32. The van der Waals surface area contributed by atoms with E-state index >= 15 is 0 Å². The smallest absolute Gasteiger partial charge is 0.249 e. The number of nitrogen functional groups attached to an aromatic ring is 1. The van der Waals surface area contributed by atoms with E-state index in [1.54, 1.807) is 0 Å². The number of nitrogens with zero attached hydrogens (tertiary/aromatic N) is 2. The van der Waals surface area contributed by atoms with Crippen molar-refractivity contribution in [3.8, 4) is 12.3 Å². The number of nitrogens with two attached hydrogens (primary N) is 1. The molecular formula is C10H14N4O2S. The van der Waals surface area contributed by atoms with E-state index in [2.05, 4.69) is 16.1 Å². The van der Waals surface area contributed by atoms with Crippen molar-refractivity contribution >= 4 is 15.8 Å². The summed E-state index contributed by atoms with van der Waals surface area (Å²) < 4.78 is 25.8. The van der Waals surface area contributed by atoms with E-state index < -0.39 is 10.0 Å². The average molecular weight is 254 g/mol. The molecule has 0 saturated heterocycles. The lowest BCUT2D eigenvalue weighted by atomic mass is 10.4. The summed E-state index contributed by atoms with van der Waals surface area (Å²) in [6.07, 6.45) is 8.52. The standard InChI is InChI=1S/C10H14N4O2S/c1-2-5-14(7-8-3-4-8)17(15,16)9-6-12-13-10(9)11/h1,6,8H,3-5,7H2,(H3,11,12,13). The molecule has 0 bridgehead atoms. The molecule has 0 unspecified atom stereocenters. The van der Waals surface area contributed by atoms with Crippen LogP contribution in [0.1, 0.15) is 12.8 Å². The maximum Gasteiger partial charge on any atom is 0.249 e. The molecule has 2 rings (SSSR count). The van der Waals surface area contributed by atoms with Crippen molar-refractivity contribution < 1.29 is 8.42 Å². The summed E-state index contributed by atoms with van der Waals surface area (Å²) in [4.78, 5) is -0.00611. The van der Waals surface area contributed by atoms with E-state index in [0.717, 1.165) is 12.8 Å². The van der Waals surface area contributed by atoms with Crippen LogP contribution in [0.3, 0.4) is 0 Å². The fourth-order valence-corrected chi connectivity index (χ4v) is 3.01. The Morgan fingerprint density at radius 3 is 2.82 bits per heavy atom. The Hall–Kier alpha value is -1.52. The molecule has 17 heavy (non-hydrogen) atoms.